The van der Waals surface area contributed by atoms with E-state index < -0.39 is 0 Å². The van der Waals surface area contributed by atoms with E-state index in [1.54, 1.807) is 11.8 Å². The zero-order valence-electron chi connectivity index (χ0n) is 10.1. The molecule has 4 nitrogen and oxygen atoms in total. The predicted octanol–water partition coefficient (Wildman–Crippen LogP) is 1.87. The molecule has 0 bridgehead atoms. The smallest absolute Gasteiger partial charge is 0.191 e. The summed E-state index contributed by atoms with van der Waals surface area (Å²) >= 11 is 1.68. The van der Waals surface area contributed by atoms with Gasteiger partial charge in [0.05, 0.1) is 6.54 Å². The van der Waals surface area contributed by atoms with E-state index in [4.69, 9.17) is 5.73 Å². The first-order chi connectivity index (χ1) is 8.20. The molecule has 0 amide bonds. The van der Waals surface area contributed by atoms with Crippen molar-refractivity contribution in [2.24, 2.45) is 12.8 Å². The Morgan fingerprint density at radius 2 is 1.94 bits per heavy atom. The van der Waals surface area contributed by atoms with E-state index in [2.05, 4.69) is 41.4 Å². The summed E-state index contributed by atoms with van der Waals surface area (Å²) < 4.78 is 1.94. The van der Waals surface area contributed by atoms with Gasteiger partial charge in [-0.2, -0.15) is 0 Å². The van der Waals surface area contributed by atoms with E-state index in [9.17, 15) is 0 Å². The van der Waals surface area contributed by atoms with Crippen LogP contribution in [0.5, 0.6) is 0 Å². The van der Waals surface area contributed by atoms with Crippen LogP contribution >= 0.6 is 11.8 Å². The molecular weight excluding hydrogens is 232 g/mol. The average Bonchev–Trinajstić information content (AvgIpc) is 2.69. The van der Waals surface area contributed by atoms with E-state index in [1.165, 1.54) is 11.1 Å². The molecule has 0 saturated heterocycles. The van der Waals surface area contributed by atoms with Gasteiger partial charge in [0, 0.05) is 12.8 Å². The molecule has 0 aliphatic rings. The van der Waals surface area contributed by atoms with Gasteiger partial charge < -0.3 is 10.3 Å². The molecule has 0 radical (unpaired) electrons. The molecule has 0 atom stereocenters. The molecule has 17 heavy (non-hydrogen) atoms. The third-order valence-corrected chi connectivity index (χ3v) is 3.69. The molecule has 1 aromatic heterocycles. The normalized spacial score (nSPS) is 10.8. The van der Waals surface area contributed by atoms with Crippen molar-refractivity contribution in [3.8, 4) is 0 Å². The maximum absolute atomic E-state index is 5.56. The monoisotopic (exact) mass is 248 g/mol. The number of thioether (sulfide) groups is 1. The van der Waals surface area contributed by atoms with Gasteiger partial charge in [0.15, 0.2) is 5.16 Å². The number of nitrogens with zero attached hydrogens (tertiary/aromatic N) is 3. The molecule has 0 aliphatic carbocycles. The Morgan fingerprint density at radius 1 is 1.24 bits per heavy atom. The number of rotatable bonds is 4. The minimum atomic E-state index is 0.425. The largest absolute Gasteiger partial charge is 0.324 e. The van der Waals surface area contributed by atoms with Crippen LogP contribution in [-0.2, 0) is 19.3 Å². The summed E-state index contributed by atoms with van der Waals surface area (Å²) in [4.78, 5) is 0. The van der Waals surface area contributed by atoms with Crippen LogP contribution in [0.4, 0.5) is 0 Å². The van der Waals surface area contributed by atoms with Crippen molar-refractivity contribution in [3.05, 3.63) is 41.2 Å². The molecule has 2 aromatic rings. The zero-order chi connectivity index (χ0) is 12.3. The van der Waals surface area contributed by atoms with Crippen molar-refractivity contribution < 1.29 is 0 Å². The lowest BCUT2D eigenvalue weighted by atomic mass is 10.2. The minimum absolute atomic E-state index is 0.425. The van der Waals surface area contributed by atoms with Gasteiger partial charge in [-0.3, -0.25) is 0 Å². The van der Waals surface area contributed by atoms with E-state index in [1.807, 2.05) is 11.6 Å². The second kappa shape index (κ2) is 5.33. The Hall–Kier alpha value is -1.33. The van der Waals surface area contributed by atoms with Gasteiger partial charge in [-0.25, -0.2) is 0 Å². The summed E-state index contributed by atoms with van der Waals surface area (Å²) in [6.07, 6.45) is 0. The Morgan fingerprint density at radius 3 is 2.53 bits per heavy atom. The second-order valence-corrected chi connectivity index (χ2v) is 4.88. The van der Waals surface area contributed by atoms with Crippen LogP contribution < -0.4 is 5.73 Å². The number of aromatic nitrogens is 3. The molecule has 0 spiro atoms. The van der Waals surface area contributed by atoms with E-state index >= 15 is 0 Å². The molecule has 1 aromatic carbocycles. The van der Waals surface area contributed by atoms with Crippen LogP contribution in [0.1, 0.15) is 17.0 Å². The minimum Gasteiger partial charge on any atom is -0.324 e. The summed E-state index contributed by atoms with van der Waals surface area (Å²) in [5.41, 5.74) is 8.13. The Balaban J connectivity index is 2.02. The van der Waals surface area contributed by atoms with Crippen LogP contribution in [-0.4, -0.2) is 14.8 Å². The number of nitrogens with two attached hydrogens (primary N) is 1. The van der Waals surface area contributed by atoms with Crippen LogP contribution in [0.3, 0.4) is 0 Å². The SMILES string of the molecule is Cc1ccc(CSc2nnc(CN)n2C)cc1. The highest BCUT2D eigenvalue weighted by Gasteiger charge is 2.07. The van der Waals surface area contributed by atoms with Crippen molar-refractivity contribution in [2.45, 2.75) is 24.4 Å². The molecule has 2 rings (SSSR count). The molecule has 5 heteroatoms. The fourth-order valence-corrected chi connectivity index (χ4v) is 2.37. The molecule has 0 saturated carbocycles. The number of benzene rings is 1. The maximum Gasteiger partial charge on any atom is 0.191 e. The van der Waals surface area contributed by atoms with Gasteiger partial charge in [-0.05, 0) is 12.5 Å². The highest BCUT2D eigenvalue weighted by molar-refractivity contribution is 7.98. The Bertz CT molecular complexity index is 490. The van der Waals surface area contributed by atoms with Gasteiger partial charge in [0.25, 0.3) is 0 Å². The summed E-state index contributed by atoms with van der Waals surface area (Å²) in [7, 11) is 1.94. The standard InChI is InChI=1S/C12H16N4S/c1-9-3-5-10(6-4-9)8-17-12-15-14-11(7-13)16(12)2/h3-6H,7-8,13H2,1-2H3. The van der Waals surface area contributed by atoms with E-state index in [0.29, 0.717) is 6.54 Å². The summed E-state index contributed by atoms with van der Waals surface area (Å²) in [6.45, 7) is 2.52. The fourth-order valence-electron chi connectivity index (χ4n) is 1.48. The first-order valence-corrected chi connectivity index (χ1v) is 6.46. The van der Waals surface area contributed by atoms with Crippen LogP contribution in [0.25, 0.3) is 0 Å². The quantitative estimate of drug-likeness (QED) is 0.839. The van der Waals surface area contributed by atoms with Crippen LogP contribution in [0, 0.1) is 6.92 Å². The van der Waals surface area contributed by atoms with Crippen molar-refractivity contribution in [3.63, 3.8) is 0 Å². The average molecular weight is 248 g/mol. The van der Waals surface area contributed by atoms with Gasteiger partial charge in [0.1, 0.15) is 5.82 Å². The van der Waals surface area contributed by atoms with Gasteiger partial charge in [-0.1, -0.05) is 41.6 Å². The predicted molar refractivity (Wildman–Crippen MR) is 69.6 cm³/mol. The van der Waals surface area contributed by atoms with E-state index in [-0.39, 0.29) is 0 Å². The van der Waals surface area contributed by atoms with Gasteiger partial charge in [0.2, 0.25) is 0 Å². The van der Waals surface area contributed by atoms with Crippen LogP contribution in [0.2, 0.25) is 0 Å². The zero-order valence-corrected chi connectivity index (χ0v) is 10.9. The van der Waals surface area contributed by atoms with Gasteiger partial charge >= 0.3 is 0 Å². The molecular formula is C12H16N4S. The lowest BCUT2D eigenvalue weighted by Crippen LogP contribution is -2.05. The lowest BCUT2D eigenvalue weighted by molar-refractivity contribution is 0.734. The first-order valence-electron chi connectivity index (χ1n) is 5.47. The second-order valence-electron chi connectivity index (χ2n) is 3.94. The molecule has 90 valence electrons. The number of hydrogen-bond donors (Lipinski definition) is 1. The van der Waals surface area contributed by atoms with Crippen molar-refractivity contribution in [2.75, 3.05) is 0 Å². The maximum atomic E-state index is 5.56. The third-order valence-electron chi connectivity index (χ3n) is 2.60. The third kappa shape index (κ3) is 2.87. The first kappa shape index (κ1) is 12.1. The van der Waals surface area contributed by atoms with Crippen LogP contribution in [0.15, 0.2) is 29.4 Å². The number of aryl methyl sites for hydroxylation is 1. The Labute approximate surface area is 105 Å². The summed E-state index contributed by atoms with van der Waals surface area (Å²) in [6, 6.07) is 8.53. The summed E-state index contributed by atoms with van der Waals surface area (Å²) in [5, 5.41) is 9.05. The molecule has 0 aliphatic heterocycles. The Kier molecular flexibility index (Phi) is 3.81. The number of hydrogen-bond acceptors (Lipinski definition) is 4. The molecule has 0 unspecified atom stereocenters. The molecule has 0 fully saturated rings. The highest BCUT2D eigenvalue weighted by Crippen LogP contribution is 2.21. The highest BCUT2D eigenvalue weighted by atomic mass is 32.2. The fraction of sp³-hybridized carbons (Fsp3) is 0.333. The molecule has 2 N–H and O–H groups in total. The van der Waals surface area contributed by atoms with Crippen molar-refractivity contribution in [1.29, 1.82) is 0 Å². The van der Waals surface area contributed by atoms with Crippen molar-refractivity contribution in [1.82, 2.24) is 14.8 Å². The van der Waals surface area contributed by atoms with Crippen molar-refractivity contribution >= 4 is 11.8 Å². The van der Waals surface area contributed by atoms with E-state index in [0.717, 1.165) is 16.7 Å². The molecule has 1 heterocycles. The van der Waals surface area contributed by atoms with Gasteiger partial charge in [-0.15, -0.1) is 10.2 Å². The lowest BCUT2D eigenvalue weighted by Gasteiger charge is -2.03. The summed E-state index contributed by atoms with van der Waals surface area (Å²) in [5.74, 6) is 1.72. The topological polar surface area (TPSA) is 56.7 Å².